The molecule has 11 aromatic rings. The van der Waals surface area contributed by atoms with Crippen LogP contribution < -0.4 is 15.5 Å². The number of aromatic nitrogens is 1. The van der Waals surface area contributed by atoms with Crippen LogP contribution >= 0.6 is 0 Å². The van der Waals surface area contributed by atoms with Crippen LogP contribution in [0.2, 0.25) is 0 Å². The first kappa shape index (κ1) is 33.5. The standard InChI is InChI=1S/C56H38N2O/c1-3-14-45-39(11-1)13-9-18-46(45)41-27-34-43(35-28-41)57(53-21-10-19-49-48-16-6-8-22-54(48)59-56(49)53)42-30-23-37(24-31-42)38-25-32-44(33-26-38)58-51-20-7-5-17-50(51)55-47-15-4-2-12-40(47)29-36-52(55)58/h1-9,11-20,22-36H,10,21H2. The van der Waals surface area contributed by atoms with E-state index in [0.29, 0.717) is 0 Å². The number of furan rings is 1. The predicted molar refractivity (Wildman–Crippen MR) is 248 cm³/mol. The Morgan fingerprint density at radius 3 is 1.80 bits per heavy atom. The SMILES string of the molecule is C1=c2c(oc3ccccc23)=C(N(c2ccc(-c3ccc(-n4c5ccccc5c5c6ccccc6ccc54)cc3)cc2)c2ccc(-c3cccc4ccccc34)cc2)CC1. The van der Waals surface area contributed by atoms with E-state index in [1.807, 2.05) is 0 Å². The minimum absolute atomic E-state index is 0.875. The molecule has 1 aliphatic carbocycles. The topological polar surface area (TPSA) is 21.3 Å². The monoisotopic (exact) mass is 754 g/mol. The summed E-state index contributed by atoms with van der Waals surface area (Å²) in [6.45, 7) is 0. The zero-order valence-electron chi connectivity index (χ0n) is 32.3. The lowest BCUT2D eigenvalue weighted by molar-refractivity contribution is 0.566. The van der Waals surface area contributed by atoms with Crippen LogP contribution in [-0.2, 0) is 0 Å². The van der Waals surface area contributed by atoms with E-state index in [9.17, 15) is 0 Å². The summed E-state index contributed by atoms with van der Waals surface area (Å²) in [6, 6.07) is 72.6. The second-order valence-corrected chi connectivity index (χ2v) is 15.6. The van der Waals surface area contributed by atoms with Gasteiger partial charge in [-0.25, -0.2) is 0 Å². The molecule has 0 unspecified atom stereocenters. The average molecular weight is 755 g/mol. The lowest BCUT2D eigenvalue weighted by Gasteiger charge is -2.28. The summed E-state index contributed by atoms with van der Waals surface area (Å²) in [6.07, 6.45) is 4.16. The van der Waals surface area contributed by atoms with Crippen LogP contribution in [0.4, 0.5) is 11.4 Å². The van der Waals surface area contributed by atoms with Gasteiger partial charge < -0.3 is 13.9 Å². The Balaban J connectivity index is 0.943. The molecule has 9 aromatic carbocycles. The van der Waals surface area contributed by atoms with E-state index in [4.69, 9.17) is 4.42 Å². The van der Waals surface area contributed by atoms with Crippen LogP contribution in [0.15, 0.2) is 205 Å². The quantitative estimate of drug-likeness (QED) is 0.169. The van der Waals surface area contributed by atoms with Crippen molar-refractivity contribution >= 4 is 77.5 Å². The van der Waals surface area contributed by atoms with Gasteiger partial charge in [-0.3, -0.25) is 0 Å². The third-order valence-corrected chi connectivity index (χ3v) is 12.3. The van der Waals surface area contributed by atoms with E-state index in [2.05, 4.69) is 216 Å². The van der Waals surface area contributed by atoms with E-state index in [1.54, 1.807) is 0 Å². The zero-order chi connectivity index (χ0) is 38.9. The maximum atomic E-state index is 6.67. The maximum Gasteiger partial charge on any atom is 0.154 e. The van der Waals surface area contributed by atoms with Crippen molar-refractivity contribution in [2.75, 3.05) is 4.90 Å². The molecule has 2 aromatic heterocycles. The Kier molecular flexibility index (Phi) is 7.67. The molecule has 0 bridgehead atoms. The van der Waals surface area contributed by atoms with Crippen LogP contribution in [0.5, 0.6) is 0 Å². The summed E-state index contributed by atoms with van der Waals surface area (Å²) in [5.74, 6) is 0. The van der Waals surface area contributed by atoms with Gasteiger partial charge in [0.1, 0.15) is 5.58 Å². The molecule has 0 amide bonds. The molecule has 2 heterocycles. The largest absolute Gasteiger partial charge is 0.454 e. The lowest BCUT2D eigenvalue weighted by atomic mass is 9.97. The smallest absolute Gasteiger partial charge is 0.154 e. The van der Waals surface area contributed by atoms with Crippen LogP contribution in [0.1, 0.15) is 12.8 Å². The molecule has 0 saturated heterocycles. The molecule has 12 rings (SSSR count). The molecule has 0 N–H and O–H groups in total. The summed E-state index contributed by atoms with van der Waals surface area (Å²) in [5, 5.41) is 9.98. The van der Waals surface area contributed by atoms with Gasteiger partial charge in [-0.1, -0.05) is 152 Å². The van der Waals surface area contributed by atoms with Crippen molar-refractivity contribution in [3.05, 3.63) is 211 Å². The molecule has 0 spiro atoms. The highest BCUT2D eigenvalue weighted by Crippen LogP contribution is 2.39. The molecular formula is C56H38N2O. The third kappa shape index (κ3) is 5.43. The second-order valence-electron chi connectivity index (χ2n) is 15.6. The molecule has 0 atom stereocenters. The van der Waals surface area contributed by atoms with Crippen LogP contribution in [0.3, 0.4) is 0 Å². The fraction of sp³-hybridized carbons (Fsp3) is 0.0357. The molecule has 3 nitrogen and oxygen atoms in total. The Bertz CT molecular complexity index is 3530. The summed E-state index contributed by atoms with van der Waals surface area (Å²) in [5.41, 5.74) is 13.6. The highest BCUT2D eigenvalue weighted by atomic mass is 16.3. The van der Waals surface area contributed by atoms with Crippen LogP contribution in [0, 0.1) is 0 Å². The van der Waals surface area contributed by atoms with Gasteiger partial charge in [-0.15, -0.1) is 0 Å². The number of hydrogen-bond acceptors (Lipinski definition) is 2. The Morgan fingerprint density at radius 1 is 0.441 bits per heavy atom. The number of para-hydroxylation sites is 2. The van der Waals surface area contributed by atoms with Crippen LogP contribution in [-0.4, -0.2) is 4.57 Å². The fourth-order valence-electron chi connectivity index (χ4n) is 9.51. The molecule has 0 radical (unpaired) electrons. The summed E-state index contributed by atoms with van der Waals surface area (Å²) >= 11 is 0. The van der Waals surface area contributed by atoms with Crippen molar-refractivity contribution in [2.45, 2.75) is 12.8 Å². The highest BCUT2D eigenvalue weighted by molar-refractivity contribution is 6.21. The minimum Gasteiger partial charge on any atom is -0.454 e. The molecule has 1 aliphatic rings. The van der Waals surface area contributed by atoms with Gasteiger partial charge in [0, 0.05) is 38.4 Å². The van der Waals surface area contributed by atoms with E-state index in [0.717, 1.165) is 40.9 Å². The van der Waals surface area contributed by atoms with Crippen molar-refractivity contribution in [3.63, 3.8) is 0 Å². The summed E-state index contributed by atoms with van der Waals surface area (Å²) in [7, 11) is 0. The van der Waals surface area contributed by atoms with Gasteiger partial charge >= 0.3 is 0 Å². The predicted octanol–water partition coefficient (Wildman–Crippen LogP) is 13.7. The van der Waals surface area contributed by atoms with Crippen LogP contribution in [0.25, 0.3) is 94.0 Å². The molecule has 59 heavy (non-hydrogen) atoms. The fourth-order valence-corrected chi connectivity index (χ4v) is 9.51. The molecule has 278 valence electrons. The zero-order valence-corrected chi connectivity index (χ0v) is 32.3. The molecule has 0 aliphatic heterocycles. The van der Waals surface area contributed by atoms with Gasteiger partial charge in [-0.05, 0) is 111 Å². The number of rotatable bonds is 6. The molecule has 0 saturated carbocycles. The average Bonchev–Trinajstić information content (AvgIpc) is 3.86. The van der Waals surface area contributed by atoms with Gasteiger partial charge in [0.2, 0.25) is 0 Å². The number of anilines is 2. The maximum absolute atomic E-state index is 6.67. The first-order valence-corrected chi connectivity index (χ1v) is 20.5. The first-order valence-electron chi connectivity index (χ1n) is 20.5. The number of fused-ring (bicyclic) bond motifs is 9. The molecular weight excluding hydrogens is 717 g/mol. The van der Waals surface area contributed by atoms with Crippen molar-refractivity contribution in [1.82, 2.24) is 4.57 Å². The normalized spacial score (nSPS) is 12.7. The van der Waals surface area contributed by atoms with E-state index >= 15 is 0 Å². The Labute approximate surface area is 341 Å². The van der Waals surface area contributed by atoms with E-state index in [1.165, 1.54) is 81.9 Å². The second kappa shape index (κ2) is 13.5. The van der Waals surface area contributed by atoms with Gasteiger partial charge in [0.05, 0.1) is 16.7 Å². The Hall–Kier alpha value is -7.62. The van der Waals surface area contributed by atoms with E-state index < -0.39 is 0 Å². The Morgan fingerprint density at radius 2 is 1.03 bits per heavy atom. The molecule has 0 fully saturated rings. The van der Waals surface area contributed by atoms with Gasteiger partial charge in [0.15, 0.2) is 5.42 Å². The van der Waals surface area contributed by atoms with E-state index in [-0.39, 0.29) is 0 Å². The van der Waals surface area contributed by atoms with Crippen molar-refractivity contribution in [3.8, 4) is 27.9 Å². The first-order chi connectivity index (χ1) is 29.3. The van der Waals surface area contributed by atoms with Crippen molar-refractivity contribution in [2.24, 2.45) is 0 Å². The van der Waals surface area contributed by atoms with Gasteiger partial charge in [0.25, 0.3) is 0 Å². The van der Waals surface area contributed by atoms with Crippen molar-refractivity contribution in [1.29, 1.82) is 0 Å². The minimum atomic E-state index is 0.875. The van der Waals surface area contributed by atoms with Crippen molar-refractivity contribution < 1.29 is 4.42 Å². The number of benzene rings is 9. The number of nitrogens with zero attached hydrogens (tertiary/aromatic N) is 2. The summed E-state index contributed by atoms with van der Waals surface area (Å²) < 4.78 is 9.07. The highest BCUT2D eigenvalue weighted by Gasteiger charge is 2.22. The third-order valence-electron chi connectivity index (χ3n) is 12.3. The van der Waals surface area contributed by atoms with Gasteiger partial charge in [-0.2, -0.15) is 0 Å². The molecule has 3 heteroatoms. The number of hydrogen-bond donors (Lipinski definition) is 0. The lowest BCUT2D eigenvalue weighted by Crippen LogP contribution is -2.32. The summed E-state index contributed by atoms with van der Waals surface area (Å²) in [4.78, 5) is 2.40.